The maximum absolute atomic E-state index is 13.7. The molecule has 0 radical (unpaired) electrons. The van der Waals surface area contributed by atoms with Gasteiger partial charge in [0.15, 0.2) is 5.82 Å². The average Bonchev–Trinajstić information content (AvgIpc) is 3.07. The summed E-state index contributed by atoms with van der Waals surface area (Å²) in [5, 5.41) is 7.58. The monoisotopic (exact) mass is 311 g/mol. The number of rotatable bonds is 5. The van der Waals surface area contributed by atoms with Crippen molar-refractivity contribution >= 4 is 22.6 Å². The lowest BCUT2D eigenvalue weighted by atomic mass is 10.3. The molecular weight excluding hydrogens is 300 g/mol. The van der Waals surface area contributed by atoms with Crippen LogP contribution in [0.5, 0.6) is 0 Å². The van der Waals surface area contributed by atoms with Crippen LogP contribution in [0.1, 0.15) is 12.2 Å². The van der Waals surface area contributed by atoms with Crippen LogP contribution in [0.15, 0.2) is 24.5 Å². The zero-order valence-electron chi connectivity index (χ0n) is 11.0. The van der Waals surface area contributed by atoms with Crippen LogP contribution in [0.25, 0.3) is 11.0 Å². The minimum Gasteiger partial charge on any atom is -0.327 e. The second-order valence-electron chi connectivity index (χ2n) is 4.59. The molecule has 0 atom stereocenters. The van der Waals surface area contributed by atoms with E-state index in [0.29, 0.717) is 24.4 Å². The minimum atomic E-state index is -0.675. The highest BCUT2D eigenvalue weighted by Crippen LogP contribution is 2.22. The van der Waals surface area contributed by atoms with E-state index < -0.39 is 11.6 Å². The second kappa shape index (κ2) is 5.77. The first kappa shape index (κ1) is 13.9. The third-order valence-electron chi connectivity index (χ3n) is 3.21. The SMILES string of the molecule is Fc1cc(F)c2nc(CCl)n(CCCn3ccnn3)c2c1. The number of benzene rings is 1. The van der Waals surface area contributed by atoms with Crippen LogP contribution in [-0.2, 0) is 19.0 Å². The molecule has 0 aliphatic rings. The number of aromatic nitrogens is 5. The molecule has 0 unspecified atom stereocenters. The number of alkyl halides is 1. The van der Waals surface area contributed by atoms with Gasteiger partial charge in [0.05, 0.1) is 17.6 Å². The van der Waals surface area contributed by atoms with Gasteiger partial charge in [0.1, 0.15) is 17.2 Å². The molecule has 0 bridgehead atoms. The molecular formula is C13H12ClF2N5. The van der Waals surface area contributed by atoms with Crippen LogP contribution in [-0.4, -0.2) is 24.5 Å². The fraction of sp³-hybridized carbons (Fsp3) is 0.308. The molecule has 0 fully saturated rings. The molecule has 0 amide bonds. The van der Waals surface area contributed by atoms with Gasteiger partial charge in [0, 0.05) is 25.4 Å². The van der Waals surface area contributed by atoms with Gasteiger partial charge in [-0.2, -0.15) is 0 Å². The Balaban J connectivity index is 1.89. The lowest BCUT2D eigenvalue weighted by Crippen LogP contribution is -2.07. The number of halogens is 3. The highest BCUT2D eigenvalue weighted by Gasteiger charge is 2.14. The molecule has 0 aliphatic heterocycles. The van der Waals surface area contributed by atoms with E-state index >= 15 is 0 Å². The van der Waals surface area contributed by atoms with E-state index in [9.17, 15) is 8.78 Å². The molecule has 2 heterocycles. The summed E-state index contributed by atoms with van der Waals surface area (Å²) in [6.07, 6.45) is 4.08. The largest absolute Gasteiger partial charge is 0.327 e. The maximum Gasteiger partial charge on any atom is 0.153 e. The Morgan fingerprint density at radius 3 is 2.76 bits per heavy atom. The van der Waals surface area contributed by atoms with Gasteiger partial charge in [0.2, 0.25) is 0 Å². The lowest BCUT2D eigenvalue weighted by Gasteiger charge is -2.07. The van der Waals surface area contributed by atoms with Gasteiger partial charge in [-0.05, 0) is 12.5 Å². The van der Waals surface area contributed by atoms with Gasteiger partial charge >= 0.3 is 0 Å². The van der Waals surface area contributed by atoms with E-state index in [0.717, 1.165) is 12.5 Å². The minimum absolute atomic E-state index is 0.138. The van der Waals surface area contributed by atoms with Crippen molar-refractivity contribution in [2.24, 2.45) is 0 Å². The Bertz CT molecular complexity index is 754. The molecule has 8 heteroatoms. The number of hydrogen-bond acceptors (Lipinski definition) is 3. The van der Waals surface area contributed by atoms with E-state index in [4.69, 9.17) is 11.6 Å². The van der Waals surface area contributed by atoms with Crippen LogP contribution >= 0.6 is 11.6 Å². The van der Waals surface area contributed by atoms with E-state index in [-0.39, 0.29) is 11.4 Å². The number of imidazole rings is 1. The summed E-state index contributed by atoms with van der Waals surface area (Å²) in [6, 6.07) is 2.10. The number of aryl methyl sites for hydroxylation is 2. The van der Waals surface area contributed by atoms with Gasteiger partial charge in [0.25, 0.3) is 0 Å². The maximum atomic E-state index is 13.7. The highest BCUT2D eigenvalue weighted by atomic mass is 35.5. The Hall–Kier alpha value is -2.02. The third-order valence-corrected chi connectivity index (χ3v) is 3.45. The van der Waals surface area contributed by atoms with E-state index in [2.05, 4.69) is 15.3 Å². The van der Waals surface area contributed by atoms with Gasteiger partial charge in [-0.1, -0.05) is 5.21 Å². The van der Waals surface area contributed by atoms with Crippen molar-refractivity contribution in [2.75, 3.05) is 0 Å². The molecule has 0 saturated heterocycles. The van der Waals surface area contributed by atoms with E-state index in [1.54, 1.807) is 21.6 Å². The number of fused-ring (bicyclic) bond motifs is 1. The molecule has 2 aromatic heterocycles. The van der Waals surface area contributed by atoms with Crippen LogP contribution < -0.4 is 0 Å². The van der Waals surface area contributed by atoms with E-state index in [1.807, 2.05) is 0 Å². The van der Waals surface area contributed by atoms with Crippen molar-refractivity contribution in [3.8, 4) is 0 Å². The molecule has 1 aromatic carbocycles. The fourth-order valence-electron chi connectivity index (χ4n) is 2.29. The molecule has 110 valence electrons. The molecule has 5 nitrogen and oxygen atoms in total. The Kier molecular flexibility index (Phi) is 3.83. The lowest BCUT2D eigenvalue weighted by molar-refractivity contribution is 0.514. The number of hydrogen-bond donors (Lipinski definition) is 0. The van der Waals surface area contributed by atoms with Crippen LogP contribution in [0.3, 0.4) is 0 Å². The van der Waals surface area contributed by atoms with Crippen molar-refractivity contribution in [2.45, 2.75) is 25.4 Å². The Labute approximate surface area is 124 Å². The second-order valence-corrected chi connectivity index (χ2v) is 4.86. The van der Waals surface area contributed by atoms with Crippen molar-refractivity contribution in [1.29, 1.82) is 0 Å². The molecule has 3 rings (SSSR count). The van der Waals surface area contributed by atoms with Gasteiger partial charge < -0.3 is 4.57 Å². The third kappa shape index (κ3) is 2.73. The summed E-state index contributed by atoms with van der Waals surface area (Å²) in [5.41, 5.74) is 0.564. The quantitative estimate of drug-likeness (QED) is 0.681. The highest BCUT2D eigenvalue weighted by molar-refractivity contribution is 6.16. The summed E-state index contributed by atoms with van der Waals surface area (Å²) < 4.78 is 30.6. The fourth-order valence-corrected chi connectivity index (χ4v) is 2.50. The van der Waals surface area contributed by atoms with Crippen molar-refractivity contribution < 1.29 is 8.78 Å². The molecule has 0 saturated carbocycles. The van der Waals surface area contributed by atoms with Crippen molar-refractivity contribution in [3.05, 3.63) is 42.0 Å². The van der Waals surface area contributed by atoms with Gasteiger partial charge in [-0.15, -0.1) is 16.7 Å². The first-order chi connectivity index (χ1) is 10.2. The van der Waals surface area contributed by atoms with Crippen molar-refractivity contribution in [3.63, 3.8) is 0 Å². The predicted molar refractivity (Wildman–Crippen MR) is 73.8 cm³/mol. The van der Waals surface area contributed by atoms with Crippen molar-refractivity contribution in [1.82, 2.24) is 24.5 Å². The number of nitrogens with zero attached hydrogens (tertiary/aromatic N) is 5. The predicted octanol–water partition coefficient (Wildman–Crippen LogP) is 2.74. The molecule has 0 spiro atoms. The zero-order chi connectivity index (χ0) is 14.8. The molecule has 3 aromatic rings. The smallest absolute Gasteiger partial charge is 0.153 e. The summed E-state index contributed by atoms with van der Waals surface area (Å²) >= 11 is 5.85. The first-order valence-corrected chi connectivity index (χ1v) is 6.96. The summed E-state index contributed by atoms with van der Waals surface area (Å²) in [6.45, 7) is 1.19. The Morgan fingerprint density at radius 1 is 1.19 bits per heavy atom. The first-order valence-electron chi connectivity index (χ1n) is 6.43. The van der Waals surface area contributed by atoms with Crippen LogP contribution in [0.2, 0.25) is 0 Å². The normalized spacial score (nSPS) is 11.4. The van der Waals surface area contributed by atoms with Crippen LogP contribution in [0, 0.1) is 11.6 Å². The standard InChI is InChI=1S/C13H12ClF2N5/c14-8-12-18-13-10(16)6-9(15)7-11(13)21(12)4-1-3-20-5-2-17-19-20/h2,5-7H,1,3-4,8H2. The summed E-state index contributed by atoms with van der Waals surface area (Å²) in [5.74, 6) is -0.640. The summed E-state index contributed by atoms with van der Waals surface area (Å²) in [4.78, 5) is 4.14. The molecule has 0 N–H and O–H groups in total. The summed E-state index contributed by atoms with van der Waals surface area (Å²) in [7, 11) is 0. The average molecular weight is 312 g/mol. The van der Waals surface area contributed by atoms with Crippen LogP contribution in [0.4, 0.5) is 8.78 Å². The zero-order valence-corrected chi connectivity index (χ0v) is 11.8. The molecule has 21 heavy (non-hydrogen) atoms. The topological polar surface area (TPSA) is 48.5 Å². The van der Waals surface area contributed by atoms with Gasteiger partial charge in [-0.25, -0.2) is 13.8 Å². The molecule has 0 aliphatic carbocycles. The van der Waals surface area contributed by atoms with E-state index in [1.165, 1.54) is 6.07 Å². The Morgan fingerprint density at radius 2 is 2.05 bits per heavy atom. The van der Waals surface area contributed by atoms with Gasteiger partial charge in [-0.3, -0.25) is 4.68 Å².